The van der Waals surface area contributed by atoms with E-state index in [1.54, 1.807) is 12.0 Å². The van der Waals surface area contributed by atoms with Gasteiger partial charge in [-0.3, -0.25) is 14.5 Å². The lowest BCUT2D eigenvalue weighted by Gasteiger charge is -2.32. The van der Waals surface area contributed by atoms with Gasteiger partial charge in [-0.1, -0.05) is 51.1 Å². The first-order chi connectivity index (χ1) is 17.7. The highest BCUT2D eigenvalue weighted by atomic mass is 16.5. The SMILES string of the molecule is COCCN(Cc1cccn1Cc1ccccc1)C(=O)CN(CCN1CCOCC1)C(=O)CC(C)(C)C. The summed E-state index contributed by atoms with van der Waals surface area (Å²) < 4.78 is 12.9. The Morgan fingerprint density at radius 3 is 2.38 bits per heavy atom. The van der Waals surface area contributed by atoms with Crippen LogP contribution >= 0.6 is 0 Å². The molecule has 204 valence electrons. The van der Waals surface area contributed by atoms with Crippen molar-refractivity contribution in [3.8, 4) is 0 Å². The van der Waals surface area contributed by atoms with Crippen molar-refractivity contribution in [1.82, 2.24) is 19.3 Å². The fourth-order valence-corrected chi connectivity index (χ4v) is 4.42. The molecule has 0 spiro atoms. The van der Waals surface area contributed by atoms with E-state index < -0.39 is 0 Å². The van der Waals surface area contributed by atoms with Crippen molar-refractivity contribution >= 4 is 11.8 Å². The van der Waals surface area contributed by atoms with Gasteiger partial charge in [-0.15, -0.1) is 0 Å². The monoisotopic (exact) mass is 512 g/mol. The van der Waals surface area contributed by atoms with Crippen molar-refractivity contribution in [2.75, 3.05) is 66.2 Å². The number of hydrogen-bond donors (Lipinski definition) is 0. The Kier molecular flexibility index (Phi) is 11.2. The Morgan fingerprint density at radius 1 is 0.973 bits per heavy atom. The average molecular weight is 513 g/mol. The fourth-order valence-electron chi connectivity index (χ4n) is 4.42. The highest BCUT2D eigenvalue weighted by Crippen LogP contribution is 2.20. The van der Waals surface area contributed by atoms with Gasteiger partial charge in [-0.05, 0) is 23.1 Å². The number of nitrogens with zero attached hydrogens (tertiary/aromatic N) is 4. The summed E-state index contributed by atoms with van der Waals surface area (Å²) in [6, 6.07) is 14.3. The van der Waals surface area contributed by atoms with Crippen LogP contribution in [0.25, 0.3) is 0 Å². The summed E-state index contributed by atoms with van der Waals surface area (Å²) in [6.07, 6.45) is 2.45. The molecule has 0 unspecified atom stereocenters. The highest BCUT2D eigenvalue weighted by molar-refractivity contribution is 5.85. The maximum Gasteiger partial charge on any atom is 0.242 e. The number of rotatable bonds is 13. The summed E-state index contributed by atoms with van der Waals surface area (Å²) in [4.78, 5) is 32.7. The summed E-state index contributed by atoms with van der Waals surface area (Å²) >= 11 is 0. The van der Waals surface area contributed by atoms with E-state index >= 15 is 0 Å². The molecule has 8 nitrogen and oxygen atoms in total. The lowest BCUT2D eigenvalue weighted by Crippen LogP contribution is -2.48. The Balaban J connectivity index is 1.70. The number of amides is 2. The minimum atomic E-state index is -0.147. The first kappa shape index (κ1) is 28.9. The van der Waals surface area contributed by atoms with Gasteiger partial charge in [0.05, 0.1) is 32.9 Å². The van der Waals surface area contributed by atoms with Gasteiger partial charge in [0.15, 0.2) is 0 Å². The Labute approximate surface area is 222 Å². The lowest BCUT2D eigenvalue weighted by molar-refractivity contribution is -0.142. The number of methoxy groups -OCH3 is 1. The highest BCUT2D eigenvalue weighted by Gasteiger charge is 2.26. The van der Waals surface area contributed by atoms with Crippen molar-refractivity contribution in [2.45, 2.75) is 40.3 Å². The molecule has 1 saturated heterocycles. The molecule has 1 aliphatic rings. The van der Waals surface area contributed by atoms with Gasteiger partial charge in [-0.2, -0.15) is 0 Å². The van der Waals surface area contributed by atoms with Crippen LogP contribution in [-0.2, 0) is 32.2 Å². The molecule has 0 radical (unpaired) electrons. The van der Waals surface area contributed by atoms with E-state index in [0.29, 0.717) is 45.9 Å². The Bertz CT molecular complexity index is 964. The van der Waals surface area contributed by atoms with Crippen LogP contribution in [0.5, 0.6) is 0 Å². The molecule has 0 N–H and O–H groups in total. The van der Waals surface area contributed by atoms with E-state index in [1.165, 1.54) is 5.56 Å². The zero-order chi connectivity index (χ0) is 26.7. The van der Waals surface area contributed by atoms with Crippen LogP contribution < -0.4 is 0 Å². The van der Waals surface area contributed by atoms with Crippen molar-refractivity contribution in [2.24, 2.45) is 5.41 Å². The second-order valence-electron chi connectivity index (χ2n) is 10.9. The quantitative estimate of drug-likeness (QED) is 0.413. The molecule has 2 amide bonds. The normalized spacial score (nSPS) is 14.5. The summed E-state index contributed by atoms with van der Waals surface area (Å²) in [7, 11) is 1.64. The smallest absolute Gasteiger partial charge is 0.242 e. The minimum Gasteiger partial charge on any atom is -0.383 e. The molecule has 1 aromatic heterocycles. The largest absolute Gasteiger partial charge is 0.383 e. The Morgan fingerprint density at radius 2 is 1.70 bits per heavy atom. The molecular weight excluding hydrogens is 468 g/mol. The van der Waals surface area contributed by atoms with Gasteiger partial charge in [0, 0.05) is 64.7 Å². The molecule has 2 aromatic rings. The van der Waals surface area contributed by atoms with E-state index in [1.807, 2.05) is 35.4 Å². The minimum absolute atomic E-state index is 0.0215. The Hall–Kier alpha value is -2.68. The zero-order valence-corrected chi connectivity index (χ0v) is 23.0. The molecule has 1 fully saturated rings. The molecular formula is C29H44N4O4. The van der Waals surface area contributed by atoms with Crippen molar-refractivity contribution in [1.29, 1.82) is 0 Å². The van der Waals surface area contributed by atoms with Crippen molar-refractivity contribution in [3.05, 3.63) is 59.9 Å². The summed E-state index contributed by atoms with van der Waals surface area (Å²) in [5.41, 5.74) is 2.11. The molecule has 37 heavy (non-hydrogen) atoms. The number of morpholine rings is 1. The third-order valence-corrected chi connectivity index (χ3v) is 6.54. The predicted molar refractivity (Wildman–Crippen MR) is 145 cm³/mol. The number of benzene rings is 1. The van der Waals surface area contributed by atoms with E-state index in [9.17, 15) is 9.59 Å². The van der Waals surface area contributed by atoms with Gasteiger partial charge in [0.2, 0.25) is 11.8 Å². The number of hydrogen-bond acceptors (Lipinski definition) is 5. The molecule has 3 rings (SSSR count). The van der Waals surface area contributed by atoms with Crippen LogP contribution in [0.1, 0.15) is 38.4 Å². The fraction of sp³-hybridized carbons (Fsp3) is 0.586. The molecule has 1 aromatic carbocycles. The number of ether oxygens (including phenoxy) is 2. The molecule has 0 atom stereocenters. The van der Waals surface area contributed by atoms with Crippen LogP contribution in [0.4, 0.5) is 0 Å². The standard InChI is InChI=1S/C29H44N4O4/c1-29(2,3)21-27(34)32(14-13-30-15-19-37-20-16-30)24-28(35)33(17-18-36-4)23-26-11-8-12-31(26)22-25-9-6-5-7-10-25/h5-12H,13-24H2,1-4H3. The van der Waals surface area contributed by atoms with Gasteiger partial charge >= 0.3 is 0 Å². The molecule has 8 heteroatoms. The van der Waals surface area contributed by atoms with E-state index in [0.717, 1.165) is 31.9 Å². The lowest BCUT2D eigenvalue weighted by atomic mass is 9.91. The second kappa shape index (κ2) is 14.3. The second-order valence-corrected chi connectivity index (χ2v) is 10.9. The summed E-state index contributed by atoms with van der Waals surface area (Å²) in [5.74, 6) is -0.0398. The van der Waals surface area contributed by atoms with Crippen LogP contribution in [-0.4, -0.2) is 97.3 Å². The van der Waals surface area contributed by atoms with Gasteiger partial charge in [-0.25, -0.2) is 0 Å². The van der Waals surface area contributed by atoms with Crippen LogP contribution in [0.2, 0.25) is 0 Å². The van der Waals surface area contributed by atoms with Crippen molar-refractivity contribution in [3.63, 3.8) is 0 Å². The number of aromatic nitrogens is 1. The third-order valence-electron chi connectivity index (χ3n) is 6.54. The molecule has 2 heterocycles. The zero-order valence-electron chi connectivity index (χ0n) is 23.0. The predicted octanol–water partition coefficient (Wildman–Crippen LogP) is 3.11. The maximum absolute atomic E-state index is 13.6. The number of carbonyl (C=O) groups is 2. The summed E-state index contributed by atoms with van der Waals surface area (Å²) in [5, 5.41) is 0. The van der Waals surface area contributed by atoms with Gasteiger partial charge in [0.25, 0.3) is 0 Å². The molecule has 0 aliphatic carbocycles. The van der Waals surface area contributed by atoms with E-state index in [-0.39, 0.29) is 23.8 Å². The third kappa shape index (κ3) is 9.95. The van der Waals surface area contributed by atoms with Gasteiger partial charge in [0.1, 0.15) is 0 Å². The molecule has 1 aliphatic heterocycles. The van der Waals surface area contributed by atoms with Crippen LogP contribution in [0, 0.1) is 5.41 Å². The maximum atomic E-state index is 13.6. The first-order valence-electron chi connectivity index (χ1n) is 13.3. The van der Waals surface area contributed by atoms with Crippen LogP contribution in [0.3, 0.4) is 0 Å². The number of carbonyl (C=O) groups excluding carboxylic acids is 2. The van der Waals surface area contributed by atoms with E-state index in [4.69, 9.17) is 9.47 Å². The first-order valence-corrected chi connectivity index (χ1v) is 13.3. The average Bonchev–Trinajstić information content (AvgIpc) is 3.30. The molecule has 0 saturated carbocycles. The topological polar surface area (TPSA) is 67.2 Å². The van der Waals surface area contributed by atoms with Crippen molar-refractivity contribution < 1.29 is 19.1 Å². The van der Waals surface area contributed by atoms with E-state index in [2.05, 4.69) is 48.4 Å². The summed E-state index contributed by atoms with van der Waals surface area (Å²) in [6.45, 7) is 12.8. The molecule has 0 bridgehead atoms. The van der Waals surface area contributed by atoms with Crippen LogP contribution in [0.15, 0.2) is 48.7 Å². The van der Waals surface area contributed by atoms with Gasteiger partial charge < -0.3 is 23.8 Å².